The van der Waals surface area contributed by atoms with Crippen LogP contribution in [-0.2, 0) is 19.1 Å². The second-order valence-electron chi connectivity index (χ2n) is 7.18. The van der Waals surface area contributed by atoms with Gasteiger partial charge in [0.05, 0.1) is 25.9 Å². The van der Waals surface area contributed by atoms with Crippen LogP contribution in [0.5, 0.6) is 0 Å². The molecule has 3 fully saturated rings. The third-order valence-corrected chi connectivity index (χ3v) is 5.43. The van der Waals surface area contributed by atoms with Crippen molar-refractivity contribution in [3.8, 4) is 0 Å². The lowest BCUT2D eigenvalue weighted by molar-refractivity contribution is -0.145. The number of morpholine rings is 1. The highest BCUT2D eigenvalue weighted by Crippen LogP contribution is 2.35. The van der Waals surface area contributed by atoms with Crippen LogP contribution < -0.4 is 10.6 Å². The quantitative estimate of drug-likeness (QED) is 0.838. The Kier molecular flexibility index (Phi) is 6.29. The monoisotopic (exact) mass is 380 g/mol. The van der Waals surface area contributed by atoms with E-state index in [1.807, 2.05) is 24.3 Å². The molecule has 2 aliphatic heterocycles. The highest BCUT2D eigenvalue weighted by atomic mass is 35.5. The smallest absolute Gasteiger partial charge is 0.227 e. The number of rotatable bonds is 3. The van der Waals surface area contributed by atoms with E-state index in [0.717, 1.165) is 30.9 Å². The third-order valence-electron chi connectivity index (χ3n) is 5.43. The minimum atomic E-state index is -0.110. The van der Waals surface area contributed by atoms with Crippen molar-refractivity contribution >= 4 is 29.8 Å². The molecule has 7 heteroatoms. The van der Waals surface area contributed by atoms with Crippen molar-refractivity contribution in [2.24, 2.45) is 17.8 Å². The Morgan fingerprint density at radius 2 is 1.81 bits per heavy atom. The molecular weight excluding hydrogens is 356 g/mol. The summed E-state index contributed by atoms with van der Waals surface area (Å²) in [4.78, 5) is 24.7. The largest absolute Gasteiger partial charge is 0.380 e. The Bertz CT molecular complexity index is 629. The first kappa shape index (κ1) is 19.3. The van der Waals surface area contributed by atoms with Crippen molar-refractivity contribution in [2.45, 2.75) is 18.9 Å². The molecule has 0 aromatic heterocycles. The first-order valence-electron chi connectivity index (χ1n) is 9.05. The van der Waals surface area contributed by atoms with Crippen LogP contribution in [0, 0.1) is 17.8 Å². The summed E-state index contributed by atoms with van der Waals surface area (Å²) in [6.45, 7) is 3.34. The Morgan fingerprint density at radius 3 is 2.42 bits per heavy atom. The molecular formula is C19H25ClN2O4. The summed E-state index contributed by atoms with van der Waals surface area (Å²) in [5.41, 5.74) is 1.90. The number of benzene rings is 1. The number of hydrogen-bond donors (Lipinski definition) is 2. The van der Waals surface area contributed by atoms with E-state index in [0.29, 0.717) is 26.1 Å². The van der Waals surface area contributed by atoms with Gasteiger partial charge >= 0.3 is 0 Å². The van der Waals surface area contributed by atoms with E-state index in [9.17, 15) is 9.59 Å². The normalized spacial score (nSPS) is 31.0. The summed E-state index contributed by atoms with van der Waals surface area (Å²) in [5.74, 6) is -0.0428. The van der Waals surface area contributed by atoms with E-state index in [-0.39, 0.29) is 48.0 Å². The molecule has 2 heterocycles. The van der Waals surface area contributed by atoms with E-state index < -0.39 is 0 Å². The van der Waals surface area contributed by atoms with Crippen molar-refractivity contribution in [3.63, 3.8) is 0 Å². The molecule has 3 atom stereocenters. The first-order valence-corrected chi connectivity index (χ1v) is 9.05. The number of Topliss-reactive ketones (excluding diaryl/α,β-unsaturated/α-hetero) is 1. The van der Waals surface area contributed by atoms with Gasteiger partial charge in [-0.15, -0.1) is 12.4 Å². The van der Waals surface area contributed by atoms with Gasteiger partial charge in [0.2, 0.25) is 5.91 Å². The van der Waals surface area contributed by atoms with Crippen LogP contribution in [0.3, 0.4) is 0 Å². The van der Waals surface area contributed by atoms with Gasteiger partial charge in [0.1, 0.15) is 5.78 Å². The lowest BCUT2D eigenvalue weighted by atomic mass is 9.73. The van der Waals surface area contributed by atoms with Gasteiger partial charge in [-0.05, 0) is 30.5 Å². The first-order chi connectivity index (χ1) is 12.2. The molecule has 1 aromatic carbocycles. The highest BCUT2D eigenvalue weighted by molar-refractivity contribution is 5.95. The molecule has 2 N–H and O–H groups in total. The number of carbonyl (C=O) groups is 2. The van der Waals surface area contributed by atoms with Gasteiger partial charge in [-0.2, -0.15) is 0 Å². The molecule has 2 bridgehead atoms. The number of anilines is 1. The number of ketones is 1. The van der Waals surface area contributed by atoms with E-state index in [2.05, 4.69) is 10.6 Å². The predicted octanol–water partition coefficient (Wildman–Crippen LogP) is 1.95. The van der Waals surface area contributed by atoms with Crippen molar-refractivity contribution < 1.29 is 19.1 Å². The lowest BCUT2D eigenvalue weighted by Crippen LogP contribution is -2.45. The van der Waals surface area contributed by atoms with Crippen LogP contribution in [0.25, 0.3) is 0 Å². The summed E-state index contributed by atoms with van der Waals surface area (Å²) >= 11 is 0. The second-order valence-corrected chi connectivity index (χ2v) is 7.18. The van der Waals surface area contributed by atoms with Gasteiger partial charge in [-0.25, -0.2) is 0 Å². The van der Waals surface area contributed by atoms with Gasteiger partial charge in [0, 0.05) is 36.5 Å². The van der Waals surface area contributed by atoms with Crippen molar-refractivity contribution in [1.82, 2.24) is 5.32 Å². The second kappa shape index (κ2) is 8.48. The standard InChI is InChI=1S/C19H24N2O4.ClH/c22-18-14-7-13(8-15(18)11-24-10-14)19(23)21-16-3-1-12(2-4-16)17-9-20-5-6-25-17;/h1-4,13-15,17,20H,5-11H2,(H,21,23);1H. The van der Waals surface area contributed by atoms with Crippen LogP contribution in [0.4, 0.5) is 5.69 Å². The SMILES string of the molecule is Cl.O=C(Nc1ccc(C2CNCCO2)cc1)C1CC2COCC(C1)C2=O. The molecule has 0 spiro atoms. The van der Waals surface area contributed by atoms with Crippen LogP contribution >= 0.6 is 12.4 Å². The van der Waals surface area contributed by atoms with Crippen LogP contribution in [0.15, 0.2) is 24.3 Å². The number of nitrogens with one attached hydrogen (secondary N) is 2. The average molecular weight is 381 g/mol. The maximum Gasteiger partial charge on any atom is 0.227 e. The summed E-state index contributed by atoms with van der Waals surface area (Å²) < 4.78 is 11.2. The van der Waals surface area contributed by atoms with Crippen molar-refractivity contribution in [3.05, 3.63) is 29.8 Å². The zero-order chi connectivity index (χ0) is 17.2. The topological polar surface area (TPSA) is 76.7 Å². The Balaban J connectivity index is 0.00000196. The number of fused-ring (bicyclic) bond motifs is 2. The number of ether oxygens (including phenoxy) is 2. The molecule has 4 rings (SSSR count). The molecule has 1 aliphatic carbocycles. The summed E-state index contributed by atoms with van der Waals surface area (Å²) in [7, 11) is 0. The molecule has 142 valence electrons. The molecule has 1 aromatic rings. The maximum atomic E-state index is 12.6. The van der Waals surface area contributed by atoms with Crippen LogP contribution in [-0.4, -0.2) is 44.6 Å². The fourth-order valence-corrected chi connectivity index (χ4v) is 4.02. The Morgan fingerprint density at radius 1 is 1.12 bits per heavy atom. The molecule has 2 saturated heterocycles. The number of carbonyl (C=O) groups excluding carboxylic acids is 2. The molecule has 0 radical (unpaired) electrons. The fraction of sp³-hybridized carbons (Fsp3) is 0.579. The molecule has 1 amide bonds. The summed E-state index contributed by atoms with van der Waals surface area (Å²) in [6, 6.07) is 7.84. The maximum absolute atomic E-state index is 12.6. The molecule has 1 saturated carbocycles. The van der Waals surface area contributed by atoms with Crippen molar-refractivity contribution in [2.75, 3.05) is 38.2 Å². The Hall–Kier alpha value is -1.47. The molecule has 3 unspecified atom stereocenters. The Labute approximate surface area is 159 Å². The molecule has 26 heavy (non-hydrogen) atoms. The molecule has 3 aliphatic rings. The zero-order valence-electron chi connectivity index (χ0n) is 14.6. The summed E-state index contributed by atoms with van der Waals surface area (Å²) in [6.07, 6.45) is 1.27. The van der Waals surface area contributed by atoms with Crippen LogP contribution in [0.1, 0.15) is 24.5 Å². The number of amides is 1. The number of halogens is 1. The minimum Gasteiger partial charge on any atom is -0.380 e. The summed E-state index contributed by atoms with van der Waals surface area (Å²) in [5, 5.41) is 6.31. The van der Waals surface area contributed by atoms with Crippen LogP contribution in [0.2, 0.25) is 0 Å². The van der Waals surface area contributed by atoms with E-state index in [1.54, 1.807) is 0 Å². The average Bonchev–Trinajstić information content (AvgIpc) is 2.63. The fourth-order valence-electron chi connectivity index (χ4n) is 4.02. The van der Waals surface area contributed by atoms with E-state index in [4.69, 9.17) is 9.47 Å². The van der Waals surface area contributed by atoms with Gasteiger partial charge in [-0.1, -0.05) is 12.1 Å². The highest BCUT2D eigenvalue weighted by Gasteiger charge is 2.42. The van der Waals surface area contributed by atoms with Gasteiger partial charge in [0.15, 0.2) is 0 Å². The van der Waals surface area contributed by atoms with Gasteiger partial charge in [-0.3, -0.25) is 9.59 Å². The van der Waals surface area contributed by atoms with E-state index in [1.165, 1.54) is 0 Å². The van der Waals surface area contributed by atoms with E-state index >= 15 is 0 Å². The van der Waals surface area contributed by atoms with Gasteiger partial charge in [0.25, 0.3) is 0 Å². The minimum absolute atomic E-state index is 0. The third kappa shape index (κ3) is 4.09. The zero-order valence-corrected chi connectivity index (χ0v) is 15.4. The number of hydrogen-bond acceptors (Lipinski definition) is 5. The van der Waals surface area contributed by atoms with Gasteiger partial charge < -0.3 is 20.1 Å². The predicted molar refractivity (Wildman–Crippen MR) is 99.4 cm³/mol. The molecule has 6 nitrogen and oxygen atoms in total. The van der Waals surface area contributed by atoms with Crippen molar-refractivity contribution in [1.29, 1.82) is 0 Å². The lowest BCUT2D eigenvalue weighted by Gasteiger charge is -2.36.